The van der Waals surface area contributed by atoms with E-state index in [0.717, 1.165) is 18.4 Å². The lowest BCUT2D eigenvalue weighted by atomic mass is 10.1. The fraction of sp³-hybridized carbons (Fsp3) is 0.462. The average Bonchev–Trinajstić information content (AvgIpc) is 2.34. The Kier molecular flexibility index (Phi) is 5.91. The van der Waals surface area contributed by atoms with Crippen LogP contribution in [0.5, 0.6) is 0 Å². The molecule has 3 nitrogen and oxygen atoms in total. The Balaban J connectivity index is 2.67. The molecule has 0 aliphatic carbocycles. The molecular formula is C13H18O3S. The molecule has 1 rings (SSSR count). The van der Waals surface area contributed by atoms with Crippen LogP contribution in [0.2, 0.25) is 0 Å². The molecule has 4 heteroatoms. The first-order chi connectivity index (χ1) is 8.15. The number of carboxylic acid groups (broad SMARTS) is 1. The van der Waals surface area contributed by atoms with Crippen LogP contribution in [0.15, 0.2) is 30.3 Å². The van der Waals surface area contributed by atoms with Crippen molar-refractivity contribution in [3.05, 3.63) is 35.9 Å². The van der Waals surface area contributed by atoms with Crippen LogP contribution >= 0.6 is 0 Å². The van der Waals surface area contributed by atoms with Crippen LogP contribution in [0.25, 0.3) is 0 Å². The first-order valence-electron chi connectivity index (χ1n) is 5.79. The number of hydrogen-bond acceptors (Lipinski definition) is 2. The van der Waals surface area contributed by atoms with E-state index in [0.29, 0.717) is 12.2 Å². The Labute approximate surface area is 104 Å². The van der Waals surface area contributed by atoms with Crippen molar-refractivity contribution in [1.82, 2.24) is 0 Å². The quantitative estimate of drug-likeness (QED) is 0.811. The highest BCUT2D eigenvalue weighted by Crippen LogP contribution is 2.10. The van der Waals surface area contributed by atoms with Crippen molar-refractivity contribution < 1.29 is 14.1 Å². The molecule has 0 bridgehead atoms. The van der Waals surface area contributed by atoms with E-state index < -0.39 is 22.0 Å². The summed E-state index contributed by atoms with van der Waals surface area (Å²) >= 11 is 0. The van der Waals surface area contributed by atoms with Gasteiger partial charge >= 0.3 is 5.97 Å². The highest BCUT2D eigenvalue weighted by atomic mass is 32.2. The number of unbranched alkanes of at least 4 members (excludes halogenated alkanes) is 1. The number of rotatable bonds is 7. The summed E-state index contributed by atoms with van der Waals surface area (Å²) in [4.78, 5) is 11.1. The Hall–Kier alpha value is -1.16. The summed E-state index contributed by atoms with van der Waals surface area (Å²) in [5.41, 5.74) is 0.921. The zero-order valence-corrected chi connectivity index (χ0v) is 10.8. The Morgan fingerprint density at radius 3 is 2.53 bits per heavy atom. The first-order valence-corrected chi connectivity index (χ1v) is 7.17. The van der Waals surface area contributed by atoms with Crippen molar-refractivity contribution in [2.45, 2.75) is 31.4 Å². The highest BCUT2D eigenvalue weighted by Gasteiger charge is 2.24. The van der Waals surface area contributed by atoms with E-state index in [4.69, 9.17) is 5.11 Å². The molecule has 0 heterocycles. The molecule has 17 heavy (non-hydrogen) atoms. The van der Waals surface area contributed by atoms with Crippen molar-refractivity contribution in [3.63, 3.8) is 0 Å². The highest BCUT2D eigenvalue weighted by molar-refractivity contribution is 7.86. The molecule has 0 amide bonds. The average molecular weight is 254 g/mol. The lowest BCUT2D eigenvalue weighted by Gasteiger charge is -2.11. The normalized spacial score (nSPS) is 14.2. The van der Waals surface area contributed by atoms with Gasteiger partial charge in [-0.2, -0.15) is 0 Å². The summed E-state index contributed by atoms with van der Waals surface area (Å²) in [7, 11) is -1.29. The molecule has 0 aliphatic rings. The van der Waals surface area contributed by atoms with Crippen LogP contribution in [0.1, 0.15) is 25.3 Å². The fourth-order valence-electron chi connectivity index (χ4n) is 1.55. The van der Waals surface area contributed by atoms with Gasteiger partial charge in [0.2, 0.25) is 0 Å². The molecule has 1 aromatic carbocycles. The number of benzene rings is 1. The van der Waals surface area contributed by atoms with E-state index in [2.05, 4.69) is 0 Å². The third-order valence-electron chi connectivity index (χ3n) is 2.56. The monoisotopic (exact) mass is 254 g/mol. The third kappa shape index (κ3) is 4.69. The lowest BCUT2D eigenvalue weighted by molar-refractivity contribution is -0.136. The van der Waals surface area contributed by atoms with Gasteiger partial charge in [-0.15, -0.1) is 0 Å². The van der Waals surface area contributed by atoms with Gasteiger partial charge in [0.15, 0.2) is 0 Å². The SMILES string of the molecule is CCCCS(=O)C(Cc1ccccc1)C(=O)O. The maximum absolute atomic E-state index is 11.9. The van der Waals surface area contributed by atoms with Gasteiger partial charge < -0.3 is 5.11 Å². The van der Waals surface area contributed by atoms with E-state index in [1.807, 2.05) is 37.3 Å². The van der Waals surface area contributed by atoms with E-state index >= 15 is 0 Å². The number of hydrogen-bond donors (Lipinski definition) is 1. The Morgan fingerprint density at radius 2 is 2.00 bits per heavy atom. The third-order valence-corrected chi connectivity index (χ3v) is 4.25. The Morgan fingerprint density at radius 1 is 1.35 bits per heavy atom. The maximum atomic E-state index is 11.9. The molecule has 1 aromatic rings. The second-order valence-electron chi connectivity index (χ2n) is 3.96. The standard InChI is InChI=1S/C13H18O3S/c1-2-3-9-17(16)12(13(14)15)10-11-7-5-4-6-8-11/h4-8,12H,2-3,9-10H2,1H3,(H,14,15). The zero-order valence-electron chi connectivity index (χ0n) is 9.96. The fourth-order valence-corrected chi connectivity index (χ4v) is 3.01. The molecule has 1 N–H and O–H groups in total. The molecule has 0 saturated heterocycles. The van der Waals surface area contributed by atoms with Crippen molar-refractivity contribution in [2.75, 3.05) is 5.75 Å². The molecule has 0 saturated carbocycles. The molecule has 2 unspecified atom stereocenters. The summed E-state index contributed by atoms with van der Waals surface area (Å²) in [6.45, 7) is 2.00. The van der Waals surface area contributed by atoms with Gasteiger partial charge in [-0.25, -0.2) is 0 Å². The van der Waals surface area contributed by atoms with Crippen LogP contribution in [0, 0.1) is 0 Å². The van der Waals surface area contributed by atoms with Gasteiger partial charge in [-0.1, -0.05) is 43.7 Å². The van der Waals surface area contributed by atoms with Gasteiger partial charge in [0.25, 0.3) is 0 Å². The minimum Gasteiger partial charge on any atom is -0.480 e. The Bertz CT molecular complexity index is 376. The van der Waals surface area contributed by atoms with Crippen LogP contribution in [-0.4, -0.2) is 26.3 Å². The van der Waals surface area contributed by atoms with E-state index in [1.165, 1.54) is 0 Å². The van der Waals surface area contributed by atoms with E-state index in [-0.39, 0.29) is 0 Å². The smallest absolute Gasteiger partial charge is 0.319 e. The predicted octanol–water partition coefficient (Wildman–Crippen LogP) is 2.23. The largest absolute Gasteiger partial charge is 0.480 e. The van der Waals surface area contributed by atoms with Gasteiger partial charge in [-0.05, 0) is 18.4 Å². The van der Waals surface area contributed by atoms with Crippen LogP contribution in [0.4, 0.5) is 0 Å². The molecule has 0 aliphatic heterocycles. The summed E-state index contributed by atoms with van der Waals surface area (Å²) in [6.07, 6.45) is 2.08. The molecule has 0 radical (unpaired) electrons. The van der Waals surface area contributed by atoms with Crippen molar-refractivity contribution in [2.24, 2.45) is 0 Å². The molecule has 0 spiro atoms. The van der Waals surface area contributed by atoms with E-state index in [9.17, 15) is 9.00 Å². The van der Waals surface area contributed by atoms with Crippen LogP contribution in [0.3, 0.4) is 0 Å². The summed E-state index contributed by atoms with van der Waals surface area (Å²) in [6, 6.07) is 9.35. The molecule has 94 valence electrons. The topological polar surface area (TPSA) is 54.4 Å². The maximum Gasteiger partial charge on any atom is 0.319 e. The number of carboxylic acids is 1. The van der Waals surface area contributed by atoms with Crippen LogP contribution < -0.4 is 0 Å². The van der Waals surface area contributed by atoms with Crippen molar-refractivity contribution in [3.8, 4) is 0 Å². The second-order valence-corrected chi connectivity index (χ2v) is 5.69. The minimum atomic E-state index is -1.29. The number of aliphatic carboxylic acids is 1. The minimum absolute atomic E-state index is 0.340. The van der Waals surface area contributed by atoms with Crippen molar-refractivity contribution in [1.29, 1.82) is 0 Å². The van der Waals surface area contributed by atoms with Crippen molar-refractivity contribution >= 4 is 16.8 Å². The zero-order chi connectivity index (χ0) is 12.7. The predicted molar refractivity (Wildman–Crippen MR) is 69.5 cm³/mol. The first kappa shape index (κ1) is 13.9. The second kappa shape index (κ2) is 7.22. The number of carbonyl (C=O) groups is 1. The van der Waals surface area contributed by atoms with Crippen LogP contribution in [-0.2, 0) is 22.0 Å². The van der Waals surface area contributed by atoms with E-state index in [1.54, 1.807) is 0 Å². The molecular weight excluding hydrogens is 236 g/mol. The summed E-state index contributed by atoms with van der Waals surface area (Å²) in [5, 5.41) is 8.32. The lowest BCUT2D eigenvalue weighted by Crippen LogP contribution is -2.29. The molecule has 0 fully saturated rings. The van der Waals surface area contributed by atoms with Gasteiger partial charge in [-0.3, -0.25) is 9.00 Å². The van der Waals surface area contributed by atoms with Gasteiger partial charge in [0, 0.05) is 16.6 Å². The molecule has 0 aromatic heterocycles. The summed E-state index contributed by atoms with van der Waals surface area (Å²) in [5.74, 6) is -0.497. The van der Waals surface area contributed by atoms with Gasteiger partial charge in [0.1, 0.15) is 5.25 Å². The van der Waals surface area contributed by atoms with Gasteiger partial charge in [0.05, 0.1) is 0 Å². The molecule has 2 atom stereocenters. The summed E-state index contributed by atoms with van der Waals surface area (Å²) < 4.78 is 11.9.